The number of hydrogen-bond acceptors (Lipinski definition) is 2. The Morgan fingerprint density at radius 3 is 2.82 bits per heavy atom. The highest BCUT2D eigenvalue weighted by Gasteiger charge is 2.11. The monoisotopic (exact) mass is 252 g/mol. The Labute approximate surface area is 106 Å². The van der Waals surface area contributed by atoms with E-state index in [1.54, 1.807) is 0 Å². The van der Waals surface area contributed by atoms with Crippen LogP contribution in [0.4, 0.5) is 4.39 Å². The van der Waals surface area contributed by atoms with Gasteiger partial charge in [-0.25, -0.2) is 9.37 Å². The lowest BCUT2D eigenvalue weighted by molar-refractivity contribution is 0.519. The Bertz CT molecular complexity index is 519. The van der Waals surface area contributed by atoms with Crippen molar-refractivity contribution in [1.29, 1.82) is 0 Å². The van der Waals surface area contributed by atoms with Crippen LogP contribution in [0.3, 0.4) is 0 Å². The van der Waals surface area contributed by atoms with Gasteiger partial charge in [0.2, 0.25) is 0 Å². The van der Waals surface area contributed by atoms with E-state index >= 15 is 0 Å². The van der Waals surface area contributed by atoms with Crippen LogP contribution in [0.5, 0.6) is 0 Å². The number of hydrogen-bond donors (Lipinski definition) is 1. The number of halogens is 1. The Morgan fingerprint density at radius 1 is 1.41 bits per heavy atom. The first kappa shape index (κ1) is 12.4. The van der Waals surface area contributed by atoms with Crippen molar-refractivity contribution in [1.82, 2.24) is 9.55 Å². The second-order valence-corrected chi connectivity index (χ2v) is 5.09. The highest BCUT2D eigenvalue weighted by atomic mass is 32.1. The molecule has 4 heteroatoms. The summed E-state index contributed by atoms with van der Waals surface area (Å²) in [4.78, 5) is 4.49. The molecule has 0 saturated carbocycles. The summed E-state index contributed by atoms with van der Waals surface area (Å²) in [6, 6.07) is 4.79. The maximum absolute atomic E-state index is 13.2. The van der Waals surface area contributed by atoms with Crippen molar-refractivity contribution in [3.05, 3.63) is 29.8 Å². The first-order valence-electron chi connectivity index (χ1n) is 5.87. The molecule has 0 N–H and O–H groups in total. The van der Waals surface area contributed by atoms with Gasteiger partial charge in [-0.15, -0.1) is 0 Å². The second-order valence-electron chi connectivity index (χ2n) is 4.64. The maximum atomic E-state index is 13.2. The van der Waals surface area contributed by atoms with Crippen LogP contribution >= 0.6 is 12.6 Å². The van der Waals surface area contributed by atoms with Crippen LogP contribution in [0.1, 0.15) is 19.7 Å². The van der Waals surface area contributed by atoms with Gasteiger partial charge in [0, 0.05) is 19.0 Å². The summed E-state index contributed by atoms with van der Waals surface area (Å²) < 4.78 is 15.3. The summed E-state index contributed by atoms with van der Waals surface area (Å²) in [6.45, 7) is 5.24. The molecule has 0 aliphatic carbocycles. The van der Waals surface area contributed by atoms with Crippen molar-refractivity contribution in [2.24, 2.45) is 5.92 Å². The summed E-state index contributed by atoms with van der Waals surface area (Å²) in [5, 5.41) is 0. The third kappa shape index (κ3) is 2.63. The van der Waals surface area contributed by atoms with E-state index in [0.717, 1.165) is 35.6 Å². The molecule has 0 saturated heterocycles. The minimum absolute atomic E-state index is 0.232. The Kier molecular flexibility index (Phi) is 3.72. The molecule has 0 fully saturated rings. The topological polar surface area (TPSA) is 17.8 Å². The standard InChI is InChI=1S/C13H17FN2S/c1-9(2)8-16-12-4-3-10(14)7-11(12)15-13(16)5-6-17/h3-4,7,9,17H,5-6,8H2,1-2H3. The van der Waals surface area contributed by atoms with Gasteiger partial charge in [0.15, 0.2) is 0 Å². The lowest BCUT2D eigenvalue weighted by Gasteiger charge is -2.11. The highest BCUT2D eigenvalue weighted by Crippen LogP contribution is 2.19. The average molecular weight is 252 g/mol. The lowest BCUT2D eigenvalue weighted by Crippen LogP contribution is -2.09. The molecule has 2 aromatic rings. The van der Waals surface area contributed by atoms with E-state index in [9.17, 15) is 4.39 Å². The Hall–Kier alpha value is -1.03. The third-order valence-corrected chi connectivity index (χ3v) is 2.90. The summed E-state index contributed by atoms with van der Waals surface area (Å²) in [5.74, 6) is 2.05. The molecule has 0 unspecified atom stereocenters. The zero-order valence-electron chi connectivity index (χ0n) is 10.2. The number of imidazole rings is 1. The largest absolute Gasteiger partial charge is 0.328 e. The van der Waals surface area contributed by atoms with E-state index in [2.05, 4.69) is 36.0 Å². The summed E-state index contributed by atoms with van der Waals surface area (Å²) in [5.41, 5.74) is 1.75. The van der Waals surface area contributed by atoms with Crippen molar-refractivity contribution in [3.8, 4) is 0 Å². The van der Waals surface area contributed by atoms with Crippen molar-refractivity contribution in [3.63, 3.8) is 0 Å². The fourth-order valence-corrected chi connectivity index (χ4v) is 2.21. The fourth-order valence-electron chi connectivity index (χ4n) is 2.01. The minimum atomic E-state index is -0.232. The van der Waals surface area contributed by atoms with Crippen LogP contribution in [0.2, 0.25) is 0 Å². The number of thiol groups is 1. The number of aromatic nitrogens is 2. The normalized spacial score (nSPS) is 11.6. The molecule has 0 aliphatic heterocycles. The molecule has 0 atom stereocenters. The third-order valence-electron chi connectivity index (χ3n) is 2.67. The zero-order valence-corrected chi connectivity index (χ0v) is 11.0. The Morgan fingerprint density at radius 2 is 2.18 bits per heavy atom. The predicted octanol–water partition coefficient (Wildman–Crippen LogP) is 3.30. The molecule has 0 amide bonds. The van der Waals surface area contributed by atoms with Gasteiger partial charge in [0.05, 0.1) is 11.0 Å². The molecule has 1 aromatic heterocycles. The van der Waals surface area contributed by atoms with Gasteiger partial charge in [-0.1, -0.05) is 13.8 Å². The van der Waals surface area contributed by atoms with Crippen molar-refractivity contribution >= 4 is 23.7 Å². The SMILES string of the molecule is CC(C)Cn1c(CCS)nc2cc(F)ccc21. The van der Waals surface area contributed by atoms with E-state index in [1.165, 1.54) is 12.1 Å². The molecule has 1 heterocycles. The smallest absolute Gasteiger partial charge is 0.125 e. The van der Waals surface area contributed by atoms with Crippen molar-refractivity contribution in [2.75, 3.05) is 5.75 Å². The molecule has 17 heavy (non-hydrogen) atoms. The predicted molar refractivity (Wildman–Crippen MR) is 72.1 cm³/mol. The van der Waals surface area contributed by atoms with Crippen LogP contribution in [0, 0.1) is 11.7 Å². The first-order valence-corrected chi connectivity index (χ1v) is 6.50. The highest BCUT2D eigenvalue weighted by molar-refractivity contribution is 7.80. The van der Waals surface area contributed by atoms with Gasteiger partial charge in [0.25, 0.3) is 0 Å². The van der Waals surface area contributed by atoms with Gasteiger partial charge in [0.1, 0.15) is 11.6 Å². The molecule has 0 radical (unpaired) electrons. The lowest BCUT2D eigenvalue weighted by atomic mass is 10.2. The summed E-state index contributed by atoms with van der Waals surface area (Å²) >= 11 is 4.24. The molecule has 0 spiro atoms. The number of benzene rings is 1. The number of rotatable bonds is 4. The molecule has 92 valence electrons. The molecular formula is C13H17FN2S. The van der Waals surface area contributed by atoms with Crippen LogP contribution < -0.4 is 0 Å². The number of nitrogens with zero attached hydrogens (tertiary/aromatic N) is 2. The minimum Gasteiger partial charge on any atom is -0.328 e. The van der Waals surface area contributed by atoms with Crippen LogP contribution in [0.15, 0.2) is 18.2 Å². The van der Waals surface area contributed by atoms with Gasteiger partial charge < -0.3 is 4.57 Å². The maximum Gasteiger partial charge on any atom is 0.125 e. The van der Waals surface area contributed by atoms with E-state index in [4.69, 9.17) is 0 Å². The molecule has 0 aliphatic rings. The van der Waals surface area contributed by atoms with Crippen LogP contribution in [-0.2, 0) is 13.0 Å². The van der Waals surface area contributed by atoms with E-state index in [-0.39, 0.29) is 5.82 Å². The average Bonchev–Trinajstić information content (AvgIpc) is 2.56. The molecule has 0 bridgehead atoms. The quantitative estimate of drug-likeness (QED) is 0.827. The van der Waals surface area contributed by atoms with Gasteiger partial charge in [-0.3, -0.25) is 0 Å². The van der Waals surface area contributed by atoms with E-state index in [0.29, 0.717) is 5.92 Å². The zero-order chi connectivity index (χ0) is 12.4. The van der Waals surface area contributed by atoms with Gasteiger partial charge in [-0.05, 0) is 23.8 Å². The van der Waals surface area contributed by atoms with Crippen LogP contribution in [0.25, 0.3) is 11.0 Å². The molecule has 1 aromatic carbocycles. The number of aryl methyl sites for hydroxylation is 1. The van der Waals surface area contributed by atoms with Gasteiger partial charge in [-0.2, -0.15) is 12.6 Å². The summed E-state index contributed by atoms with van der Waals surface area (Å²) in [7, 11) is 0. The molecule has 2 rings (SSSR count). The first-order chi connectivity index (χ1) is 8.11. The Balaban J connectivity index is 2.54. The van der Waals surface area contributed by atoms with Crippen molar-refractivity contribution < 1.29 is 4.39 Å². The molecule has 2 nitrogen and oxygen atoms in total. The molecular weight excluding hydrogens is 235 g/mol. The van der Waals surface area contributed by atoms with Crippen molar-refractivity contribution in [2.45, 2.75) is 26.8 Å². The summed E-state index contributed by atoms with van der Waals surface area (Å²) in [6.07, 6.45) is 0.812. The van der Waals surface area contributed by atoms with Crippen LogP contribution in [-0.4, -0.2) is 15.3 Å². The van der Waals surface area contributed by atoms with E-state index < -0.39 is 0 Å². The van der Waals surface area contributed by atoms with E-state index in [1.807, 2.05) is 6.07 Å². The fraction of sp³-hybridized carbons (Fsp3) is 0.462. The van der Waals surface area contributed by atoms with Gasteiger partial charge >= 0.3 is 0 Å². The second kappa shape index (κ2) is 5.08. The number of fused-ring (bicyclic) bond motifs is 1.